The number of aliphatic hydroxyl groups excluding tert-OH is 1. The van der Waals surface area contributed by atoms with Crippen molar-refractivity contribution in [2.24, 2.45) is 0 Å². The van der Waals surface area contributed by atoms with Gasteiger partial charge in [-0.3, -0.25) is 4.21 Å². The van der Waals surface area contributed by atoms with Crippen molar-refractivity contribution in [2.45, 2.75) is 31.3 Å². The third kappa shape index (κ3) is 7.47. The molecule has 0 saturated heterocycles. The summed E-state index contributed by atoms with van der Waals surface area (Å²) >= 11 is 0. The summed E-state index contributed by atoms with van der Waals surface area (Å²) in [6.45, 7) is 3.82. The zero-order valence-electron chi connectivity index (χ0n) is 11.5. The predicted molar refractivity (Wildman–Crippen MR) is 75.4 cm³/mol. The number of hydrogen-bond acceptors (Lipinski definition) is 5. The molecule has 1 rings (SSSR count). The molecule has 0 spiro atoms. The van der Waals surface area contributed by atoms with Crippen molar-refractivity contribution >= 4 is 10.8 Å². The lowest BCUT2D eigenvalue weighted by Crippen LogP contribution is -2.32. The van der Waals surface area contributed by atoms with Crippen molar-refractivity contribution in [1.29, 1.82) is 0 Å². The fourth-order valence-electron chi connectivity index (χ4n) is 1.49. The molecule has 0 fully saturated rings. The van der Waals surface area contributed by atoms with Crippen LogP contribution in [-0.2, 0) is 22.1 Å². The van der Waals surface area contributed by atoms with Crippen molar-refractivity contribution in [3.05, 3.63) is 24.2 Å². The first-order chi connectivity index (χ1) is 9.09. The lowest BCUT2D eigenvalue weighted by atomic mass is 10.3. The van der Waals surface area contributed by atoms with Gasteiger partial charge in [-0.25, -0.2) is 0 Å². The summed E-state index contributed by atoms with van der Waals surface area (Å²) in [6, 6.07) is 3.63. The average molecular weight is 289 g/mol. The second-order valence-electron chi connectivity index (χ2n) is 4.55. The minimum atomic E-state index is -0.784. The van der Waals surface area contributed by atoms with E-state index in [0.29, 0.717) is 13.2 Å². The number of nitrogens with one attached hydrogen (secondary N) is 1. The Labute approximate surface area is 116 Å². The second-order valence-corrected chi connectivity index (χ2v) is 6.35. The predicted octanol–water partition coefficient (Wildman–Crippen LogP) is 0.904. The summed E-state index contributed by atoms with van der Waals surface area (Å²) in [5.74, 6) is 0.749. The Kier molecular flexibility index (Phi) is 7.97. The number of aliphatic hydroxyl groups is 1. The van der Waals surface area contributed by atoms with E-state index in [2.05, 4.69) is 5.32 Å². The molecule has 3 atom stereocenters. The minimum Gasteiger partial charge on any atom is -0.467 e. The molecule has 0 saturated carbocycles. The van der Waals surface area contributed by atoms with Gasteiger partial charge in [0.25, 0.3) is 0 Å². The van der Waals surface area contributed by atoms with Gasteiger partial charge in [-0.1, -0.05) is 6.92 Å². The van der Waals surface area contributed by atoms with E-state index in [1.54, 1.807) is 18.6 Å². The molecule has 0 aliphatic rings. The first-order valence-electron chi connectivity index (χ1n) is 6.40. The number of hydrogen-bond donors (Lipinski definition) is 2. The molecule has 5 nitrogen and oxygen atoms in total. The monoisotopic (exact) mass is 289 g/mol. The molecule has 1 aromatic heterocycles. The molecule has 19 heavy (non-hydrogen) atoms. The summed E-state index contributed by atoms with van der Waals surface area (Å²) < 4.78 is 21.6. The molecule has 1 heterocycles. The number of ether oxygens (including phenoxy) is 1. The maximum Gasteiger partial charge on any atom is 0.129 e. The van der Waals surface area contributed by atoms with Gasteiger partial charge in [-0.2, -0.15) is 0 Å². The van der Waals surface area contributed by atoms with Gasteiger partial charge in [-0.15, -0.1) is 0 Å². The molecule has 2 N–H and O–H groups in total. The Hall–Kier alpha value is -0.690. The van der Waals surface area contributed by atoms with E-state index >= 15 is 0 Å². The normalized spacial score (nSPS) is 16.2. The van der Waals surface area contributed by atoms with Gasteiger partial charge in [0.15, 0.2) is 0 Å². The Bertz CT molecular complexity index is 356. The SMILES string of the molecule is CC(CCNCC(O)COCc1ccco1)S(C)=O. The fourth-order valence-corrected chi connectivity index (χ4v) is 1.94. The van der Waals surface area contributed by atoms with Crippen LogP contribution < -0.4 is 5.32 Å². The first-order valence-corrected chi connectivity index (χ1v) is 8.03. The summed E-state index contributed by atoms with van der Waals surface area (Å²) in [5.41, 5.74) is 0. The van der Waals surface area contributed by atoms with E-state index in [-0.39, 0.29) is 11.9 Å². The molecular formula is C13H23NO4S. The van der Waals surface area contributed by atoms with E-state index in [0.717, 1.165) is 18.7 Å². The van der Waals surface area contributed by atoms with Gasteiger partial charge in [0, 0.05) is 28.9 Å². The van der Waals surface area contributed by atoms with E-state index in [9.17, 15) is 9.32 Å². The van der Waals surface area contributed by atoms with E-state index in [1.807, 2.05) is 13.0 Å². The van der Waals surface area contributed by atoms with Crippen molar-refractivity contribution in [3.8, 4) is 0 Å². The maximum absolute atomic E-state index is 11.1. The van der Waals surface area contributed by atoms with E-state index < -0.39 is 16.9 Å². The molecule has 0 radical (unpaired) electrons. The highest BCUT2D eigenvalue weighted by Crippen LogP contribution is 2.02. The van der Waals surface area contributed by atoms with Crippen LogP contribution in [0.15, 0.2) is 22.8 Å². The lowest BCUT2D eigenvalue weighted by Gasteiger charge is -2.13. The molecule has 3 unspecified atom stereocenters. The van der Waals surface area contributed by atoms with Crippen molar-refractivity contribution in [1.82, 2.24) is 5.32 Å². The summed E-state index contributed by atoms with van der Waals surface area (Å²) in [6.07, 6.45) is 3.60. The van der Waals surface area contributed by atoms with Gasteiger partial charge in [0.05, 0.1) is 19.0 Å². The van der Waals surface area contributed by atoms with Crippen LogP contribution in [0.5, 0.6) is 0 Å². The van der Waals surface area contributed by atoms with Crippen LogP contribution >= 0.6 is 0 Å². The third-order valence-corrected chi connectivity index (χ3v) is 4.18. The Balaban J connectivity index is 1.99. The van der Waals surface area contributed by atoms with Crippen molar-refractivity contribution in [3.63, 3.8) is 0 Å². The van der Waals surface area contributed by atoms with Gasteiger partial charge in [-0.05, 0) is 25.1 Å². The van der Waals surface area contributed by atoms with Crippen molar-refractivity contribution in [2.75, 3.05) is 26.0 Å². The Morgan fingerprint density at radius 3 is 3.00 bits per heavy atom. The van der Waals surface area contributed by atoms with Crippen LogP contribution in [0, 0.1) is 0 Å². The summed E-state index contributed by atoms with van der Waals surface area (Å²) in [7, 11) is -0.784. The molecule has 0 aromatic carbocycles. The van der Waals surface area contributed by atoms with Crippen LogP contribution in [0.4, 0.5) is 0 Å². The molecule has 0 amide bonds. The van der Waals surface area contributed by atoms with Crippen LogP contribution in [0.1, 0.15) is 19.1 Å². The highest BCUT2D eigenvalue weighted by Gasteiger charge is 2.07. The smallest absolute Gasteiger partial charge is 0.129 e. The van der Waals surface area contributed by atoms with Crippen LogP contribution in [0.2, 0.25) is 0 Å². The highest BCUT2D eigenvalue weighted by atomic mass is 32.2. The van der Waals surface area contributed by atoms with Crippen molar-refractivity contribution < 1.29 is 18.5 Å². The molecule has 0 bridgehead atoms. The van der Waals surface area contributed by atoms with Gasteiger partial charge in [0.1, 0.15) is 12.4 Å². The molecule has 1 aromatic rings. The zero-order valence-corrected chi connectivity index (χ0v) is 12.3. The van der Waals surface area contributed by atoms with Gasteiger partial charge >= 0.3 is 0 Å². The molecule has 6 heteroatoms. The summed E-state index contributed by atoms with van der Waals surface area (Å²) in [4.78, 5) is 0. The lowest BCUT2D eigenvalue weighted by molar-refractivity contribution is 0.0227. The summed E-state index contributed by atoms with van der Waals surface area (Å²) in [5, 5.41) is 13.0. The first kappa shape index (κ1) is 16.4. The van der Waals surface area contributed by atoms with Gasteiger partial charge < -0.3 is 19.6 Å². The van der Waals surface area contributed by atoms with Crippen LogP contribution in [0.3, 0.4) is 0 Å². The number of furan rings is 1. The average Bonchev–Trinajstić information content (AvgIpc) is 2.87. The molecular weight excluding hydrogens is 266 g/mol. The van der Waals surface area contributed by atoms with E-state index in [1.165, 1.54) is 0 Å². The quantitative estimate of drug-likeness (QED) is 0.626. The van der Waals surface area contributed by atoms with Crippen LogP contribution in [0.25, 0.3) is 0 Å². The largest absolute Gasteiger partial charge is 0.467 e. The van der Waals surface area contributed by atoms with Gasteiger partial charge in [0.2, 0.25) is 0 Å². The maximum atomic E-state index is 11.1. The molecule has 0 aliphatic carbocycles. The number of rotatable bonds is 10. The second kappa shape index (κ2) is 9.25. The van der Waals surface area contributed by atoms with E-state index in [4.69, 9.17) is 9.15 Å². The Morgan fingerprint density at radius 2 is 2.37 bits per heavy atom. The molecule has 110 valence electrons. The highest BCUT2D eigenvalue weighted by molar-refractivity contribution is 7.84. The Morgan fingerprint density at radius 1 is 1.58 bits per heavy atom. The topological polar surface area (TPSA) is 71.7 Å². The van der Waals surface area contributed by atoms with Crippen LogP contribution in [-0.4, -0.2) is 46.6 Å². The standard InChI is InChI=1S/C13H23NO4S/c1-11(19(2)16)5-6-14-8-12(15)9-17-10-13-4-3-7-18-13/h3-4,7,11-12,14-15H,5-6,8-10H2,1-2H3. The zero-order chi connectivity index (χ0) is 14.1. The molecule has 0 aliphatic heterocycles. The fraction of sp³-hybridized carbons (Fsp3) is 0.692. The third-order valence-electron chi connectivity index (χ3n) is 2.81. The minimum absolute atomic E-state index is 0.180.